The highest BCUT2D eigenvalue weighted by molar-refractivity contribution is 7.48. The number of hydrogen-bond acceptors (Lipinski definition) is 11. The van der Waals surface area contributed by atoms with E-state index >= 15 is 0 Å². The number of halogens is 1. The minimum atomic E-state index is -4.33. The smallest absolute Gasteiger partial charge is 0.385 e. The average molecular weight is 543 g/mol. The Morgan fingerprint density at radius 1 is 1.39 bits per heavy atom. The summed E-state index contributed by atoms with van der Waals surface area (Å²) < 4.78 is 42.5. The van der Waals surface area contributed by atoms with Crippen LogP contribution in [0.2, 0.25) is 5.02 Å². The van der Waals surface area contributed by atoms with Crippen LogP contribution in [-0.2, 0) is 27.6 Å². The number of aromatic nitrogens is 3. The summed E-state index contributed by atoms with van der Waals surface area (Å²) in [6.45, 7) is 1.14. The zero-order chi connectivity index (χ0) is 25.8. The van der Waals surface area contributed by atoms with Crippen LogP contribution in [0.4, 0.5) is 5.95 Å². The van der Waals surface area contributed by atoms with Crippen molar-refractivity contribution < 1.29 is 37.8 Å². The van der Waals surface area contributed by atoms with Gasteiger partial charge >= 0.3 is 7.82 Å². The van der Waals surface area contributed by atoms with Crippen molar-refractivity contribution in [2.45, 2.75) is 43.4 Å². The molecule has 2 fully saturated rings. The summed E-state index contributed by atoms with van der Waals surface area (Å²) in [6, 6.07) is 8.18. The second-order valence-corrected chi connectivity index (χ2v) is 10.7. The molecule has 2 saturated heterocycles. The van der Waals surface area contributed by atoms with E-state index in [1.807, 2.05) is 0 Å². The van der Waals surface area contributed by atoms with E-state index in [9.17, 15) is 19.6 Å². The maximum atomic E-state index is 13.5. The van der Waals surface area contributed by atoms with Gasteiger partial charge < -0.3 is 30.0 Å². The van der Waals surface area contributed by atoms with Crippen LogP contribution in [0.3, 0.4) is 0 Å². The number of H-pyrrole nitrogens is 1. The first-order chi connectivity index (χ1) is 17.0. The summed E-state index contributed by atoms with van der Waals surface area (Å²) >= 11 is 6.09. The number of fused-ring (bicyclic) bond motifs is 1. The number of nitrogens with two attached hydrogens (primary N) is 1. The molecule has 1 aromatic carbocycles. The van der Waals surface area contributed by atoms with Crippen molar-refractivity contribution >= 4 is 36.4 Å². The van der Waals surface area contributed by atoms with E-state index < -0.39 is 49.8 Å². The Bertz CT molecular complexity index is 1400. The highest BCUT2D eigenvalue weighted by Gasteiger charge is 2.57. The number of hydrogen-bond donors (Lipinski definition) is 4. The summed E-state index contributed by atoms with van der Waals surface area (Å²) in [4.78, 5) is 18.7. The molecule has 13 nitrogen and oxygen atoms in total. The Morgan fingerprint density at radius 3 is 2.89 bits per heavy atom. The Morgan fingerprint density at radius 2 is 2.17 bits per heavy atom. The van der Waals surface area contributed by atoms with E-state index in [1.54, 1.807) is 24.3 Å². The predicted octanol–water partition coefficient (Wildman–Crippen LogP) is 1.85. The maximum absolute atomic E-state index is 13.5. The third-order valence-electron chi connectivity index (χ3n) is 6.16. The molecule has 2 aliphatic heterocycles. The number of aromatic amines is 1. The molecule has 0 amide bonds. The van der Waals surface area contributed by atoms with Crippen LogP contribution < -0.4 is 11.3 Å². The molecule has 194 valence electrons. The molecule has 0 radical (unpaired) electrons. The van der Waals surface area contributed by atoms with Crippen molar-refractivity contribution in [2.24, 2.45) is 0 Å². The lowest BCUT2D eigenvalue weighted by atomic mass is 9.99. The molecule has 15 heteroatoms. The van der Waals surface area contributed by atoms with Crippen LogP contribution in [0.1, 0.15) is 24.8 Å². The predicted molar refractivity (Wildman–Crippen MR) is 126 cm³/mol. The third kappa shape index (κ3) is 4.36. The fourth-order valence-electron chi connectivity index (χ4n) is 4.26. The number of phosphoric acid groups is 1. The molecule has 0 aliphatic carbocycles. The fourth-order valence-corrected chi connectivity index (χ4v) is 5.92. The molecular weight excluding hydrogens is 519 g/mol. The largest absolute Gasteiger partial charge is 0.478 e. The molecule has 2 aliphatic rings. The molecule has 0 bridgehead atoms. The monoisotopic (exact) mass is 542 g/mol. The molecule has 0 spiro atoms. The van der Waals surface area contributed by atoms with Crippen LogP contribution in [0.25, 0.3) is 11.0 Å². The van der Waals surface area contributed by atoms with Gasteiger partial charge in [0.25, 0.3) is 5.56 Å². The number of nitrogens with one attached hydrogen (secondary N) is 1. The van der Waals surface area contributed by atoms with E-state index in [0.717, 1.165) is 0 Å². The molecule has 5 N–H and O–H groups in total. The second kappa shape index (κ2) is 9.21. The average Bonchev–Trinajstić information content (AvgIpc) is 3.33. The van der Waals surface area contributed by atoms with Gasteiger partial charge in [-0.25, -0.2) is 4.57 Å². The Hall–Kier alpha value is -2.32. The van der Waals surface area contributed by atoms with Crippen LogP contribution in [0, 0.1) is 0 Å². The van der Waals surface area contributed by atoms with Crippen LogP contribution in [0.5, 0.6) is 0 Å². The molecule has 0 saturated carbocycles. The lowest BCUT2D eigenvalue weighted by molar-refractivity contribution is -0.156. The highest BCUT2D eigenvalue weighted by Crippen LogP contribution is 2.60. The normalized spacial score (nSPS) is 34.9. The zero-order valence-electron chi connectivity index (χ0n) is 19.1. The number of benzene rings is 1. The summed E-state index contributed by atoms with van der Waals surface area (Å²) in [6.07, 6.45) is -4.67. The Balaban J connectivity index is 1.42. The number of aliphatic hydroxyl groups excluding tert-OH is 1. The number of phosphoric ester groups is 1. The summed E-state index contributed by atoms with van der Waals surface area (Å²) in [5.41, 5.74) is 3.89. The fraction of sp³-hybridized carbons (Fsp3) is 0.429. The molecular formula is C21H24ClN4O9P. The number of aliphatic hydroxyl groups is 2. The van der Waals surface area contributed by atoms with E-state index in [0.29, 0.717) is 10.6 Å². The van der Waals surface area contributed by atoms with Crippen molar-refractivity contribution in [3.05, 3.63) is 57.5 Å². The van der Waals surface area contributed by atoms with Gasteiger partial charge in [-0.1, -0.05) is 23.7 Å². The van der Waals surface area contributed by atoms with Crippen molar-refractivity contribution in [1.29, 1.82) is 0 Å². The van der Waals surface area contributed by atoms with E-state index in [1.165, 1.54) is 30.9 Å². The summed E-state index contributed by atoms with van der Waals surface area (Å²) in [7, 11) is -2.88. The quantitative estimate of drug-likeness (QED) is 0.345. The van der Waals surface area contributed by atoms with Gasteiger partial charge in [-0.05, 0) is 30.7 Å². The standard InChI is InChI=1S/C21H24ClN4O9P/c1-21(29)15(27)18(33-19(21)26-7-6-12-16(26)24-20(23)25-17(12)28)35-36(30)32-9-13(31-2)14(34-36)10-4-3-5-11(22)8-10/h3-8,13-15,18-19,27,29H,9H2,1-2H3,(H3,23,24,25,28)/t13-,14-,15-,18?,19-,21-,36?/m1/s1. The van der Waals surface area contributed by atoms with Crippen molar-refractivity contribution in [1.82, 2.24) is 14.5 Å². The highest BCUT2D eigenvalue weighted by atomic mass is 35.5. The van der Waals surface area contributed by atoms with Crippen LogP contribution in [0.15, 0.2) is 41.3 Å². The van der Waals surface area contributed by atoms with Gasteiger partial charge in [-0.2, -0.15) is 4.98 Å². The van der Waals surface area contributed by atoms with Crippen LogP contribution >= 0.6 is 19.4 Å². The topological polar surface area (TPSA) is 180 Å². The number of rotatable bonds is 5. The zero-order valence-corrected chi connectivity index (χ0v) is 20.8. The number of methoxy groups -OCH3 is 1. The van der Waals surface area contributed by atoms with Gasteiger partial charge in [0.2, 0.25) is 12.2 Å². The summed E-state index contributed by atoms with van der Waals surface area (Å²) in [5.74, 6) is -0.147. The van der Waals surface area contributed by atoms with Gasteiger partial charge in [0.15, 0.2) is 11.9 Å². The first-order valence-corrected chi connectivity index (χ1v) is 12.7. The van der Waals surface area contributed by atoms with Gasteiger partial charge in [0, 0.05) is 18.3 Å². The molecule has 7 atom stereocenters. The second-order valence-electron chi connectivity index (χ2n) is 8.64. The summed E-state index contributed by atoms with van der Waals surface area (Å²) in [5, 5.41) is 22.5. The lowest BCUT2D eigenvalue weighted by Gasteiger charge is -2.35. The Kier molecular flexibility index (Phi) is 6.48. The van der Waals surface area contributed by atoms with Crippen LogP contribution in [-0.4, -0.2) is 62.6 Å². The number of anilines is 1. The van der Waals surface area contributed by atoms with Gasteiger partial charge in [-0.15, -0.1) is 0 Å². The molecule has 3 aromatic rings. The van der Waals surface area contributed by atoms with Crippen molar-refractivity contribution in [3.8, 4) is 0 Å². The van der Waals surface area contributed by atoms with Crippen molar-refractivity contribution in [3.63, 3.8) is 0 Å². The third-order valence-corrected chi connectivity index (χ3v) is 7.81. The molecule has 2 aromatic heterocycles. The van der Waals surface area contributed by atoms with Gasteiger partial charge in [0.05, 0.1) is 12.0 Å². The van der Waals surface area contributed by atoms with Gasteiger partial charge in [-0.3, -0.25) is 23.3 Å². The number of ether oxygens (including phenoxy) is 2. The first kappa shape index (κ1) is 25.3. The lowest BCUT2D eigenvalue weighted by Crippen LogP contribution is -2.44. The van der Waals surface area contributed by atoms with E-state index in [2.05, 4.69) is 9.97 Å². The molecule has 5 rings (SSSR count). The van der Waals surface area contributed by atoms with Gasteiger partial charge in [0.1, 0.15) is 23.9 Å². The molecule has 2 unspecified atom stereocenters. The van der Waals surface area contributed by atoms with Crippen molar-refractivity contribution in [2.75, 3.05) is 19.5 Å². The minimum Gasteiger partial charge on any atom is -0.385 e. The maximum Gasteiger partial charge on any atom is 0.478 e. The molecule has 36 heavy (non-hydrogen) atoms. The first-order valence-electron chi connectivity index (χ1n) is 10.8. The van der Waals surface area contributed by atoms with E-state index in [4.69, 9.17) is 40.4 Å². The minimum absolute atomic E-state index is 0.107. The van der Waals surface area contributed by atoms with E-state index in [-0.39, 0.29) is 23.6 Å². The SMILES string of the molecule is CO[C@@H]1COP(=O)(OC2O[C@@H](n3ccc4c(=O)[nH]c(N)nc43)[C@](C)(O)[C@@H]2O)O[C@@H]1c1cccc(Cl)c1. The molecule has 4 heterocycles. The number of nitrogens with zero attached hydrogens (tertiary/aromatic N) is 2. The Labute approximate surface area is 209 Å². The number of nitrogen functional groups attached to an aromatic ring is 1.